The summed E-state index contributed by atoms with van der Waals surface area (Å²) >= 11 is 0. The Labute approximate surface area is 207 Å². The van der Waals surface area contributed by atoms with Crippen molar-refractivity contribution in [3.63, 3.8) is 0 Å². The van der Waals surface area contributed by atoms with E-state index in [0.717, 1.165) is 31.2 Å². The molecule has 0 saturated heterocycles. The number of benzene rings is 2. The van der Waals surface area contributed by atoms with Crippen molar-refractivity contribution < 1.29 is 23.8 Å². The van der Waals surface area contributed by atoms with E-state index < -0.39 is 0 Å². The Morgan fingerprint density at radius 2 is 1.69 bits per heavy atom. The van der Waals surface area contributed by atoms with Crippen LogP contribution in [0, 0.1) is 5.92 Å². The molecule has 2 amide bonds. The average molecular weight is 481 g/mol. The minimum Gasteiger partial charge on any atom is -0.491 e. The molecule has 7 nitrogen and oxygen atoms in total. The molecule has 2 aliphatic rings. The van der Waals surface area contributed by atoms with Crippen LogP contribution in [-0.2, 0) is 11.2 Å². The molecule has 0 saturated carbocycles. The number of carbonyl (C=O) groups excluding carboxylic acids is 2. The van der Waals surface area contributed by atoms with Crippen LogP contribution in [0.5, 0.6) is 17.2 Å². The Morgan fingerprint density at radius 1 is 0.943 bits per heavy atom. The first-order valence-corrected chi connectivity index (χ1v) is 12.6. The first kappa shape index (κ1) is 24.9. The van der Waals surface area contributed by atoms with Crippen molar-refractivity contribution in [2.75, 3.05) is 33.5 Å². The molecule has 0 radical (unpaired) electrons. The minimum absolute atomic E-state index is 0.0329. The first-order valence-electron chi connectivity index (χ1n) is 12.6. The van der Waals surface area contributed by atoms with Gasteiger partial charge in [0, 0.05) is 20.1 Å². The van der Waals surface area contributed by atoms with Crippen LogP contribution in [0.4, 0.5) is 0 Å². The summed E-state index contributed by atoms with van der Waals surface area (Å²) in [6, 6.07) is 13.0. The van der Waals surface area contributed by atoms with Gasteiger partial charge in [-0.3, -0.25) is 9.59 Å². The van der Waals surface area contributed by atoms with Gasteiger partial charge in [0.15, 0.2) is 11.5 Å². The summed E-state index contributed by atoms with van der Waals surface area (Å²) in [5.74, 6) is 2.19. The zero-order valence-corrected chi connectivity index (χ0v) is 21.0. The third kappa shape index (κ3) is 6.08. The summed E-state index contributed by atoms with van der Waals surface area (Å²) in [6.07, 6.45) is 4.18. The lowest BCUT2D eigenvalue weighted by Gasteiger charge is -2.35. The van der Waals surface area contributed by atoms with Crippen molar-refractivity contribution in [3.8, 4) is 17.2 Å². The van der Waals surface area contributed by atoms with E-state index in [1.807, 2.05) is 54.4 Å². The maximum absolute atomic E-state index is 13.6. The lowest BCUT2D eigenvalue weighted by atomic mass is 10.0. The van der Waals surface area contributed by atoms with Crippen molar-refractivity contribution in [2.24, 2.45) is 5.92 Å². The number of carbonyl (C=O) groups is 2. The van der Waals surface area contributed by atoms with E-state index in [9.17, 15) is 9.59 Å². The second-order valence-corrected chi connectivity index (χ2v) is 9.71. The highest BCUT2D eigenvalue weighted by Gasteiger charge is 2.28. The van der Waals surface area contributed by atoms with Gasteiger partial charge >= 0.3 is 0 Å². The van der Waals surface area contributed by atoms with Gasteiger partial charge in [0.1, 0.15) is 12.4 Å². The van der Waals surface area contributed by atoms with E-state index in [1.54, 1.807) is 4.90 Å². The van der Waals surface area contributed by atoms with Gasteiger partial charge < -0.3 is 24.0 Å². The third-order valence-corrected chi connectivity index (χ3v) is 6.80. The summed E-state index contributed by atoms with van der Waals surface area (Å²) in [6.45, 7) is 6.16. The van der Waals surface area contributed by atoms with Crippen LogP contribution >= 0.6 is 0 Å². The molecular formula is C28H36N2O5. The molecule has 2 aromatic carbocycles. The minimum atomic E-state index is -0.111. The molecule has 0 bridgehead atoms. The van der Waals surface area contributed by atoms with Gasteiger partial charge in [0.25, 0.3) is 5.91 Å². The molecule has 2 aliphatic heterocycles. The molecule has 2 aromatic rings. The van der Waals surface area contributed by atoms with Crippen molar-refractivity contribution in [1.29, 1.82) is 0 Å². The molecule has 35 heavy (non-hydrogen) atoms. The lowest BCUT2D eigenvalue weighted by Crippen LogP contribution is -2.48. The van der Waals surface area contributed by atoms with Gasteiger partial charge in [0.05, 0.1) is 18.0 Å². The van der Waals surface area contributed by atoms with Crippen molar-refractivity contribution in [2.45, 2.75) is 52.0 Å². The van der Waals surface area contributed by atoms with Crippen LogP contribution in [0.25, 0.3) is 0 Å². The molecule has 0 unspecified atom stereocenters. The number of nitrogens with zero attached hydrogens (tertiary/aromatic N) is 2. The van der Waals surface area contributed by atoms with Crippen LogP contribution in [-0.4, -0.2) is 61.2 Å². The summed E-state index contributed by atoms with van der Waals surface area (Å²) in [5.41, 5.74) is 1.47. The number of rotatable bonds is 3. The quantitative estimate of drug-likeness (QED) is 0.645. The second kappa shape index (κ2) is 11.5. The largest absolute Gasteiger partial charge is 0.491 e. The Kier molecular flexibility index (Phi) is 8.16. The smallest absolute Gasteiger partial charge is 0.257 e. The monoisotopic (exact) mass is 480 g/mol. The predicted molar refractivity (Wildman–Crippen MR) is 134 cm³/mol. The van der Waals surface area contributed by atoms with Crippen molar-refractivity contribution in [3.05, 3.63) is 53.6 Å². The summed E-state index contributed by atoms with van der Waals surface area (Å²) in [7, 11) is 1.85. The van der Waals surface area contributed by atoms with Gasteiger partial charge in [-0.1, -0.05) is 44.9 Å². The maximum Gasteiger partial charge on any atom is 0.257 e. The van der Waals surface area contributed by atoms with Crippen LogP contribution < -0.4 is 14.2 Å². The van der Waals surface area contributed by atoms with E-state index in [-0.39, 0.29) is 30.6 Å². The van der Waals surface area contributed by atoms with Crippen LogP contribution in [0.3, 0.4) is 0 Å². The number of ether oxygens (including phenoxy) is 3. The van der Waals surface area contributed by atoms with Crippen LogP contribution in [0.2, 0.25) is 0 Å². The summed E-state index contributed by atoms with van der Waals surface area (Å²) in [4.78, 5) is 30.4. The molecule has 2 heterocycles. The lowest BCUT2D eigenvalue weighted by molar-refractivity contribution is -0.134. The molecule has 1 atom stereocenters. The Hall–Kier alpha value is -3.22. The number of amides is 2. The van der Waals surface area contributed by atoms with E-state index in [4.69, 9.17) is 14.2 Å². The molecule has 0 aromatic heterocycles. The van der Waals surface area contributed by atoms with Gasteiger partial charge in [0.2, 0.25) is 12.7 Å². The highest BCUT2D eigenvalue weighted by atomic mass is 16.7. The van der Waals surface area contributed by atoms with E-state index in [1.165, 1.54) is 0 Å². The fourth-order valence-corrected chi connectivity index (χ4v) is 4.68. The first-order chi connectivity index (χ1) is 16.9. The zero-order valence-electron chi connectivity index (χ0n) is 21.0. The van der Waals surface area contributed by atoms with Gasteiger partial charge in [-0.2, -0.15) is 0 Å². The van der Waals surface area contributed by atoms with E-state index >= 15 is 0 Å². The average Bonchev–Trinajstić information content (AvgIpc) is 3.31. The number of para-hydroxylation sites is 1. The highest BCUT2D eigenvalue weighted by Crippen LogP contribution is 2.33. The molecular weight excluding hydrogens is 444 g/mol. The summed E-state index contributed by atoms with van der Waals surface area (Å²) in [5, 5.41) is 0. The number of hydrogen-bond donors (Lipinski definition) is 0. The van der Waals surface area contributed by atoms with Crippen LogP contribution in [0.1, 0.15) is 55.5 Å². The normalized spacial score (nSPS) is 19.2. The molecule has 0 spiro atoms. The molecule has 7 heteroatoms. The maximum atomic E-state index is 13.6. The SMILES string of the molecule is CC(C)[C@H]1COc2ccccc2C(=O)N(C)CCCCCCN1C(=O)Cc1ccc2c(c1)OCO2. The van der Waals surface area contributed by atoms with E-state index in [0.29, 0.717) is 48.9 Å². The third-order valence-electron chi connectivity index (χ3n) is 6.80. The Bertz CT molecular complexity index is 1040. The van der Waals surface area contributed by atoms with Gasteiger partial charge in [-0.05, 0) is 48.6 Å². The topological polar surface area (TPSA) is 68.3 Å². The Morgan fingerprint density at radius 3 is 2.49 bits per heavy atom. The predicted octanol–water partition coefficient (Wildman–Crippen LogP) is 4.54. The van der Waals surface area contributed by atoms with Crippen molar-refractivity contribution in [1.82, 2.24) is 9.80 Å². The molecule has 4 rings (SSSR count). The zero-order chi connectivity index (χ0) is 24.8. The highest BCUT2D eigenvalue weighted by molar-refractivity contribution is 5.96. The molecule has 0 fully saturated rings. The molecule has 0 N–H and O–H groups in total. The Balaban J connectivity index is 1.56. The molecule has 0 aliphatic carbocycles. The van der Waals surface area contributed by atoms with Gasteiger partial charge in [-0.25, -0.2) is 0 Å². The fraction of sp³-hybridized carbons (Fsp3) is 0.500. The number of fused-ring (bicyclic) bond motifs is 2. The molecule has 188 valence electrons. The number of hydrogen-bond acceptors (Lipinski definition) is 5. The van der Waals surface area contributed by atoms with Gasteiger partial charge in [-0.15, -0.1) is 0 Å². The fourth-order valence-electron chi connectivity index (χ4n) is 4.68. The van der Waals surface area contributed by atoms with Crippen molar-refractivity contribution >= 4 is 11.8 Å². The van der Waals surface area contributed by atoms with E-state index in [2.05, 4.69) is 13.8 Å². The second-order valence-electron chi connectivity index (χ2n) is 9.71. The van der Waals surface area contributed by atoms with Crippen LogP contribution in [0.15, 0.2) is 42.5 Å². The summed E-state index contributed by atoms with van der Waals surface area (Å²) < 4.78 is 17.1. The standard InChI is InChI=1S/C28H36N2O5/c1-20(2)23-18-33-24-11-7-6-10-22(24)28(32)29(3)14-8-4-5-9-15-30(23)27(31)17-21-12-13-25-26(16-21)35-19-34-25/h6-7,10-13,16,20,23H,4-5,8-9,14-15,17-19H2,1-3H3/t23-/m1/s1.